The molecular formula is C22H23N3O4S2. The van der Waals surface area contributed by atoms with E-state index in [0.717, 1.165) is 12.8 Å². The number of thiophene rings is 1. The Labute approximate surface area is 188 Å². The van der Waals surface area contributed by atoms with Gasteiger partial charge in [0.05, 0.1) is 29.5 Å². The van der Waals surface area contributed by atoms with Gasteiger partial charge in [0, 0.05) is 13.1 Å². The molecule has 1 amide bonds. The van der Waals surface area contributed by atoms with Crippen LogP contribution in [0.1, 0.15) is 19.8 Å². The number of thioether (sulfide) groups is 1. The fraction of sp³-hybridized carbons (Fsp3) is 0.364. The lowest BCUT2D eigenvalue weighted by Gasteiger charge is -2.31. The maximum atomic E-state index is 13.1. The highest BCUT2D eigenvalue weighted by atomic mass is 32.2. The highest BCUT2D eigenvalue weighted by molar-refractivity contribution is 7.99. The largest absolute Gasteiger partial charge is 0.466 e. The van der Waals surface area contributed by atoms with Crippen molar-refractivity contribution < 1.29 is 14.3 Å². The zero-order valence-corrected chi connectivity index (χ0v) is 18.8. The minimum absolute atomic E-state index is 0.0710. The van der Waals surface area contributed by atoms with Crippen LogP contribution in [0.2, 0.25) is 0 Å². The summed E-state index contributed by atoms with van der Waals surface area (Å²) in [6.45, 7) is 3.12. The number of aromatic nitrogens is 2. The topological polar surface area (TPSA) is 81.5 Å². The maximum absolute atomic E-state index is 13.1. The fourth-order valence-electron chi connectivity index (χ4n) is 3.67. The summed E-state index contributed by atoms with van der Waals surface area (Å²) in [5.74, 6) is -0.441. The Morgan fingerprint density at radius 2 is 2.06 bits per heavy atom. The molecule has 1 fully saturated rings. The van der Waals surface area contributed by atoms with Gasteiger partial charge in [-0.2, -0.15) is 0 Å². The predicted octanol–water partition coefficient (Wildman–Crippen LogP) is 3.34. The first-order chi connectivity index (χ1) is 15.1. The van der Waals surface area contributed by atoms with E-state index in [1.165, 1.54) is 23.1 Å². The highest BCUT2D eigenvalue weighted by Crippen LogP contribution is 2.25. The molecule has 2 aromatic heterocycles. The molecule has 4 rings (SSSR count). The van der Waals surface area contributed by atoms with E-state index < -0.39 is 0 Å². The number of rotatable bonds is 6. The lowest BCUT2D eigenvalue weighted by molar-refractivity contribution is -0.151. The van der Waals surface area contributed by atoms with Crippen LogP contribution in [0.4, 0.5) is 0 Å². The van der Waals surface area contributed by atoms with Gasteiger partial charge in [-0.15, -0.1) is 11.3 Å². The first-order valence-corrected chi connectivity index (χ1v) is 12.1. The number of ether oxygens (including phenoxy) is 1. The van der Waals surface area contributed by atoms with E-state index in [4.69, 9.17) is 4.74 Å². The molecular weight excluding hydrogens is 434 g/mol. The number of benzene rings is 1. The third kappa shape index (κ3) is 4.67. The van der Waals surface area contributed by atoms with Gasteiger partial charge in [0.2, 0.25) is 5.91 Å². The molecule has 0 N–H and O–H groups in total. The van der Waals surface area contributed by atoms with Crippen LogP contribution in [0, 0.1) is 5.92 Å². The van der Waals surface area contributed by atoms with Gasteiger partial charge in [-0.3, -0.25) is 19.0 Å². The molecule has 1 unspecified atom stereocenters. The molecule has 31 heavy (non-hydrogen) atoms. The number of carbonyl (C=O) groups is 2. The average molecular weight is 458 g/mol. The van der Waals surface area contributed by atoms with Crippen molar-refractivity contribution in [3.8, 4) is 5.69 Å². The van der Waals surface area contributed by atoms with Crippen LogP contribution in [0.5, 0.6) is 0 Å². The molecule has 9 heteroatoms. The van der Waals surface area contributed by atoms with Crippen molar-refractivity contribution in [2.45, 2.75) is 24.9 Å². The van der Waals surface area contributed by atoms with Crippen LogP contribution >= 0.6 is 23.1 Å². The van der Waals surface area contributed by atoms with E-state index in [1.54, 1.807) is 16.4 Å². The number of hydrogen-bond acceptors (Lipinski definition) is 7. The minimum Gasteiger partial charge on any atom is -0.466 e. The number of likely N-dealkylation sites (tertiary alicyclic amines) is 1. The number of amides is 1. The second-order valence-electron chi connectivity index (χ2n) is 7.23. The Morgan fingerprint density at radius 3 is 2.84 bits per heavy atom. The normalized spacial score (nSPS) is 16.4. The lowest BCUT2D eigenvalue weighted by Crippen LogP contribution is -2.43. The predicted molar refractivity (Wildman–Crippen MR) is 122 cm³/mol. The van der Waals surface area contributed by atoms with Crippen LogP contribution in [0.3, 0.4) is 0 Å². The van der Waals surface area contributed by atoms with E-state index in [-0.39, 0.29) is 29.1 Å². The Hall–Kier alpha value is -2.65. The summed E-state index contributed by atoms with van der Waals surface area (Å²) in [7, 11) is 0. The summed E-state index contributed by atoms with van der Waals surface area (Å²) < 4.78 is 7.28. The molecule has 1 saturated heterocycles. The van der Waals surface area contributed by atoms with Gasteiger partial charge in [-0.25, -0.2) is 4.98 Å². The smallest absolute Gasteiger partial charge is 0.310 e. The fourth-order valence-corrected chi connectivity index (χ4v) is 5.34. The van der Waals surface area contributed by atoms with E-state index in [2.05, 4.69) is 4.98 Å². The molecule has 3 aromatic rings. The van der Waals surface area contributed by atoms with Crippen LogP contribution < -0.4 is 5.56 Å². The molecule has 0 spiro atoms. The third-order valence-electron chi connectivity index (χ3n) is 5.18. The van der Waals surface area contributed by atoms with Crippen molar-refractivity contribution in [3.05, 3.63) is 52.1 Å². The number of nitrogens with zero attached hydrogens (tertiary/aromatic N) is 3. The molecule has 1 atom stereocenters. The highest BCUT2D eigenvalue weighted by Gasteiger charge is 2.29. The zero-order chi connectivity index (χ0) is 21.8. The first-order valence-electron chi connectivity index (χ1n) is 10.2. The van der Waals surface area contributed by atoms with Crippen LogP contribution in [-0.4, -0.2) is 51.8 Å². The van der Waals surface area contributed by atoms with Gasteiger partial charge < -0.3 is 9.64 Å². The van der Waals surface area contributed by atoms with E-state index in [9.17, 15) is 14.4 Å². The summed E-state index contributed by atoms with van der Waals surface area (Å²) in [6, 6.07) is 11.1. The van der Waals surface area contributed by atoms with Gasteiger partial charge >= 0.3 is 5.97 Å². The Morgan fingerprint density at radius 1 is 1.26 bits per heavy atom. The van der Waals surface area contributed by atoms with Gasteiger partial charge in [-0.1, -0.05) is 30.0 Å². The molecule has 0 radical (unpaired) electrons. The zero-order valence-electron chi connectivity index (χ0n) is 17.2. The first kappa shape index (κ1) is 21.6. The number of esters is 1. The van der Waals surface area contributed by atoms with E-state index in [0.29, 0.717) is 40.8 Å². The van der Waals surface area contributed by atoms with Gasteiger partial charge in [-0.05, 0) is 43.3 Å². The molecule has 1 aliphatic heterocycles. The average Bonchev–Trinajstić information content (AvgIpc) is 3.27. The molecule has 0 aliphatic carbocycles. The molecule has 0 saturated carbocycles. The standard InChI is InChI=1S/C22H23N3O4S2/c1-2-29-21(28)15-7-6-11-24(13-15)18(26)14-31-22-23-17-10-12-30-19(17)20(27)25(22)16-8-4-3-5-9-16/h3-5,8-10,12,15H,2,6-7,11,13-14H2,1H3. The summed E-state index contributed by atoms with van der Waals surface area (Å²) in [4.78, 5) is 44.4. The SMILES string of the molecule is CCOC(=O)C1CCCN(C(=O)CSc2nc3ccsc3c(=O)n2-c2ccccc2)C1. The van der Waals surface area contributed by atoms with Crippen LogP contribution in [0.25, 0.3) is 15.9 Å². The van der Waals surface area contributed by atoms with Gasteiger partial charge in [0.15, 0.2) is 5.16 Å². The van der Waals surface area contributed by atoms with Crippen molar-refractivity contribution in [1.82, 2.24) is 14.5 Å². The van der Waals surface area contributed by atoms with Crippen LogP contribution in [-0.2, 0) is 14.3 Å². The van der Waals surface area contributed by atoms with E-state index in [1.807, 2.05) is 41.8 Å². The number of fused-ring (bicyclic) bond motifs is 1. The molecule has 162 valence electrons. The van der Waals surface area contributed by atoms with Crippen LogP contribution in [0.15, 0.2) is 51.7 Å². The minimum atomic E-state index is -0.273. The Kier molecular flexibility index (Phi) is 6.72. The van der Waals surface area contributed by atoms with Crippen molar-refractivity contribution in [3.63, 3.8) is 0 Å². The van der Waals surface area contributed by atoms with Gasteiger partial charge in [0.25, 0.3) is 5.56 Å². The summed E-state index contributed by atoms with van der Waals surface area (Å²) in [5, 5.41) is 2.33. The monoisotopic (exact) mass is 457 g/mol. The number of para-hydroxylation sites is 1. The molecule has 7 nitrogen and oxygen atoms in total. The van der Waals surface area contributed by atoms with Crippen molar-refractivity contribution in [1.29, 1.82) is 0 Å². The maximum Gasteiger partial charge on any atom is 0.310 e. The van der Waals surface area contributed by atoms with Gasteiger partial charge in [0.1, 0.15) is 4.70 Å². The second kappa shape index (κ2) is 9.65. The second-order valence-corrected chi connectivity index (χ2v) is 9.08. The molecule has 1 aromatic carbocycles. The Balaban J connectivity index is 1.54. The molecule has 1 aliphatic rings. The number of piperidine rings is 1. The third-order valence-corrected chi connectivity index (χ3v) is 7.00. The van der Waals surface area contributed by atoms with Crippen molar-refractivity contribution in [2.24, 2.45) is 5.92 Å². The Bertz CT molecular complexity index is 1140. The number of carbonyl (C=O) groups excluding carboxylic acids is 2. The summed E-state index contributed by atoms with van der Waals surface area (Å²) in [6.07, 6.45) is 1.51. The lowest BCUT2D eigenvalue weighted by atomic mass is 9.98. The van der Waals surface area contributed by atoms with Crippen molar-refractivity contribution >= 4 is 45.2 Å². The summed E-state index contributed by atoms with van der Waals surface area (Å²) >= 11 is 2.61. The quantitative estimate of drug-likeness (QED) is 0.321. The number of hydrogen-bond donors (Lipinski definition) is 0. The van der Waals surface area contributed by atoms with Crippen molar-refractivity contribution in [2.75, 3.05) is 25.4 Å². The molecule has 3 heterocycles. The van der Waals surface area contributed by atoms with E-state index >= 15 is 0 Å². The molecule has 0 bridgehead atoms. The summed E-state index contributed by atoms with van der Waals surface area (Å²) in [5.41, 5.74) is 1.21.